The minimum absolute atomic E-state index is 0.000957. The van der Waals surface area contributed by atoms with Crippen LogP contribution in [0.1, 0.15) is 23.1 Å². The molecule has 2 amide bonds. The molecule has 2 aromatic rings. The Hall–Kier alpha value is -2.12. The predicted octanol–water partition coefficient (Wildman–Crippen LogP) is 2.11. The highest BCUT2D eigenvalue weighted by Gasteiger charge is 2.34. The molecule has 1 fully saturated rings. The van der Waals surface area contributed by atoms with Crippen LogP contribution in [0.4, 0.5) is 0 Å². The van der Waals surface area contributed by atoms with Gasteiger partial charge in [0.05, 0.1) is 24.8 Å². The lowest BCUT2D eigenvalue weighted by molar-refractivity contribution is -0.129. The van der Waals surface area contributed by atoms with Crippen molar-refractivity contribution in [2.24, 2.45) is 5.92 Å². The van der Waals surface area contributed by atoms with Crippen molar-refractivity contribution >= 4 is 23.2 Å². The quantitative estimate of drug-likeness (QED) is 0.820. The van der Waals surface area contributed by atoms with E-state index in [1.807, 2.05) is 31.6 Å². The number of furan rings is 1. The van der Waals surface area contributed by atoms with E-state index in [-0.39, 0.29) is 30.2 Å². The van der Waals surface area contributed by atoms with Gasteiger partial charge in [-0.25, -0.2) is 0 Å². The van der Waals surface area contributed by atoms with Crippen LogP contribution in [0.2, 0.25) is 0 Å². The Balaban J connectivity index is 1.54. The van der Waals surface area contributed by atoms with Crippen molar-refractivity contribution in [2.75, 3.05) is 27.2 Å². The van der Waals surface area contributed by atoms with Gasteiger partial charge >= 0.3 is 0 Å². The largest absolute Gasteiger partial charge is 0.467 e. The molecule has 7 heteroatoms. The maximum absolute atomic E-state index is 12.5. The molecule has 3 heterocycles. The van der Waals surface area contributed by atoms with E-state index in [2.05, 4.69) is 16.3 Å². The number of hydrogen-bond acceptors (Lipinski definition) is 5. The van der Waals surface area contributed by atoms with E-state index < -0.39 is 0 Å². The number of amides is 2. The standard InChI is InChI=1S/C18H23N3O3S/c1-20(2)15(16-6-4-8-25-16)10-19-18(23)13-9-17(22)21(11-13)12-14-5-3-7-24-14/h3-8,13,15H,9-12H2,1-2H3,(H,19,23). The van der Waals surface area contributed by atoms with Crippen LogP contribution in [0.3, 0.4) is 0 Å². The third kappa shape index (κ3) is 4.29. The Morgan fingerprint density at radius 2 is 2.28 bits per heavy atom. The Morgan fingerprint density at radius 3 is 2.92 bits per heavy atom. The van der Waals surface area contributed by atoms with Crippen LogP contribution in [-0.4, -0.2) is 48.8 Å². The molecule has 1 saturated heterocycles. The van der Waals surface area contributed by atoms with Crippen LogP contribution in [0.15, 0.2) is 40.3 Å². The lowest BCUT2D eigenvalue weighted by Crippen LogP contribution is -2.38. The summed E-state index contributed by atoms with van der Waals surface area (Å²) in [4.78, 5) is 29.6. The molecule has 0 aromatic carbocycles. The van der Waals surface area contributed by atoms with E-state index in [9.17, 15) is 9.59 Å². The number of nitrogens with one attached hydrogen (secondary N) is 1. The van der Waals surface area contributed by atoms with E-state index in [0.717, 1.165) is 5.76 Å². The highest BCUT2D eigenvalue weighted by molar-refractivity contribution is 7.10. The Labute approximate surface area is 151 Å². The van der Waals surface area contributed by atoms with Gasteiger partial charge in [-0.1, -0.05) is 6.07 Å². The van der Waals surface area contributed by atoms with Gasteiger partial charge < -0.3 is 19.5 Å². The summed E-state index contributed by atoms with van der Waals surface area (Å²) in [6.07, 6.45) is 1.85. The van der Waals surface area contributed by atoms with Gasteiger partial charge in [-0.05, 0) is 37.7 Å². The van der Waals surface area contributed by atoms with E-state index >= 15 is 0 Å². The highest BCUT2D eigenvalue weighted by Crippen LogP contribution is 2.24. The molecule has 2 aromatic heterocycles. The summed E-state index contributed by atoms with van der Waals surface area (Å²) in [7, 11) is 4.00. The van der Waals surface area contributed by atoms with E-state index in [4.69, 9.17) is 4.42 Å². The van der Waals surface area contributed by atoms with Crippen molar-refractivity contribution < 1.29 is 14.0 Å². The zero-order valence-corrected chi connectivity index (χ0v) is 15.3. The van der Waals surface area contributed by atoms with Crippen LogP contribution >= 0.6 is 11.3 Å². The van der Waals surface area contributed by atoms with Gasteiger partial charge in [0, 0.05) is 24.4 Å². The van der Waals surface area contributed by atoms with Crippen molar-refractivity contribution in [3.63, 3.8) is 0 Å². The zero-order valence-electron chi connectivity index (χ0n) is 14.5. The summed E-state index contributed by atoms with van der Waals surface area (Å²) in [6.45, 7) is 1.40. The van der Waals surface area contributed by atoms with Crippen LogP contribution in [-0.2, 0) is 16.1 Å². The lowest BCUT2D eigenvalue weighted by atomic mass is 10.1. The third-order valence-electron chi connectivity index (χ3n) is 4.48. The first-order valence-electron chi connectivity index (χ1n) is 8.32. The topological polar surface area (TPSA) is 65.8 Å². The van der Waals surface area contributed by atoms with Crippen LogP contribution in [0, 0.1) is 5.92 Å². The molecule has 0 spiro atoms. The summed E-state index contributed by atoms with van der Waals surface area (Å²) in [5, 5.41) is 5.06. The number of carbonyl (C=O) groups is 2. The second-order valence-corrected chi connectivity index (χ2v) is 7.47. The zero-order chi connectivity index (χ0) is 17.8. The lowest BCUT2D eigenvalue weighted by Gasteiger charge is -2.24. The first-order valence-corrected chi connectivity index (χ1v) is 9.20. The molecule has 6 nitrogen and oxygen atoms in total. The molecule has 1 aliphatic heterocycles. The average molecular weight is 361 g/mol. The molecule has 1 N–H and O–H groups in total. The van der Waals surface area contributed by atoms with Gasteiger partial charge in [-0.15, -0.1) is 11.3 Å². The van der Waals surface area contributed by atoms with Gasteiger partial charge in [-0.3, -0.25) is 9.59 Å². The first kappa shape index (κ1) is 17.7. The summed E-state index contributed by atoms with van der Waals surface area (Å²) < 4.78 is 5.29. The van der Waals surface area contributed by atoms with Crippen molar-refractivity contribution in [2.45, 2.75) is 19.0 Å². The van der Waals surface area contributed by atoms with Crippen LogP contribution in [0.25, 0.3) is 0 Å². The smallest absolute Gasteiger partial charge is 0.225 e. The van der Waals surface area contributed by atoms with Crippen molar-refractivity contribution in [3.8, 4) is 0 Å². The molecule has 0 saturated carbocycles. The SMILES string of the molecule is CN(C)C(CNC(=O)C1CC(=O)N(Cc2ccco2)C1)c1cccs1. The Kier molecular flexibility index (Phi) is 5.55. The molecule has 2 unspecified atom stereocenters. The second-order valence-electron chi connectivity index (χ2n) is 6.49. The second kappa shape index (κ2) is 7.84. The fraction of sp³-hybridized carbons (Fsp3) is 0.444. The molecule has 0 aliphatic carbocycles. The van der Waals surface area contributed by atoms with Gasteiger partial charge in [-0.2, -0.15) is 0 Å². The van der Waals surface area contributed by atoms with Crippen molar-refractivity contribution in [3.05, 3.63) is 46.5 Å². The molecule has 0 radical (unpaired) electrons. The number of hydrogen-bond donors (Lipinski definition) is 1. The minimum Gasteiger partial charge on any atom is -0.467 e. The molecular formula is C18H23N3O3S. The Morgan fingerprint density at radius 1 is 1.44 bits per heavy atom. The van der Waals surface area contributed by atoms with Gasteiger partial charge in [0.25, 0.3) is 0 Å². The monoisotopic (exact) mass is 361 g/mol. The first-order chi connectivity index (χ1) is 12.0. The van der Waals surface area contributed by atoms with E-state index in [1.165, 1.54) is 4.88 Å². The number of thiophene rings is 1. The molecule has 1 aliphatic rings. The minimum atomic E-state index is -0.298. The predicted molar refractivity (Wildman–Crippen MR) is 96.0 cm³/mol. The summed E-state index contributed by atoms with van der Waals surface area (Å²) >= 11 is 1.68. The maximum atomic E-state index is 12.5. The average Bonchev–Trinajstić information content (AvgIpc) is 3.31. The van der Waals surface area contributed by atoms with Crippen LogP contribution < -0.4 is 5.32 Å². The molecule has 134 valence electrons. The van der Waals surface area contributed by atoms with Gasteiger partial charge in [0.1, 0.15) is 5.76 Å². The van der Waals surface area contributed by atoms with E-state index in [0.29, 0.717) is 19.6 Å². The van der Waals surface area contributed by atoms with E-state index in [1.54, 1.807) is 28.6 Å². The van der Waals surface area contributed by atoms with Crippen molar-refractivity contribution in [1.29, 1.82) is 0 Å². The Bertz CT molecular complexity index is 697. The fourth-order valence-electron chi connectivity index (χ4n) is 3.05. The fourth-order valence-corrected chi connectivity index (χ4v) is 3.97. The molecule has 25 heavy (non-hydrogen) atoms. The number of likely N-dealkylation sites (N-methyl/N-ethyl adjacent to an activating group) is 1. The maximum Gasteiger partial charge on any atom is 0.225 e. The van der Waals surface area contributed by atoms with Crippen LogP contribution in [0.5, 0.6) is 0 Å². The normalized spacial score (nSPS) is 18.8. The number of rotatable bonds is 7. The molecule has 2 atom stereocenters. The third-order valence-corrected chi connectivity index (χ3v) is 5.45. The number of nitrogens with zero attached hydrogens (tertiary/aromatic N) is 2. The summed E-state index contributed by atoms with van der Waals surface area (Å²) in [5.74, 6) is 0.381. The highest BCUT2D eigenvalue weighted by atomic mass is 32.1. The van der Waals surface area contributed by atoms with Gasteiger partial charge in [0.15, 0.2) is 0 Å². The molecular weight excluding hydrogens is 338 g/mol. The van der Waals surface area contributed by atoms with Gasteiger partial charge in [0.2, 0.25) is 11.8 Å². The molecule has 0 bridgehead atoms. The molecule has 3 rings (SSSR count). The number of likely N-dealkylation sites (tertiary alicyclic amines) is 1. The summed E-state index contributed by atoms with van der Waals surface area (Å²) in [6, 6.07) is 7.86. The van der Waals surface area contributed by atoms with Crippen molar-refractivity contribution in [1.82, 2.24) is 15.1 Å². The number of carbonyl (C=O) groups excluding carboxylic acids is 2. The summed E-state index contributed by atoms with van der Waals surface area (Å²) in [5.41, 5.74) is 0.